The van der Waals surface area contributed by atoms with Crippen LogP contribution in [0.2, 0.25) is 0 Å². The van der Waals surface area contributed by atoms with Crippen molar-refractivity contribution in [2.24, 2.45) is 5.73 Å². The van der Waals surface area contributed by atoms with Crippen molar-refractivity contribution in [3.05, 3.63) is 71.2 Å². The molecule has 3 rings (SSSR count). The van der Waals surface area contributed by atoms with E-state index in [1.54, 1.807) is 38.5 Å². The van der Waals surface area contributed by atoms with Crippen LogP contribution >= 0.6 is 0 Å². The summed E-state index contributed by atoms with van der Waals surface area (Å²) < 4.78 is 26.0. The lowest BCUT2D eigenvalue weighted by Gasteiger charge is -2.15. The number of nitrogens with two attached hydrogens (primary N) is 1. The van der Waals surface area contributed by atoms with Gasteiger partial charge in [0.2, 0.25) is 0 Å². The summed E-state index contributed by atoms with van der Waals surface area (Å²) in [5, 5.41) is 0. The second kappa shape index (κ2) is 8.17. The van der Waals surface area contributed by atoms with Crippen LogP contribution in [-0.4, -0.2) is 24.7 Å². The predicted molar refractivity (Wildman–Crippen MR) is 106 cm³/mol. The highest BCUT2D eigenvalue weighted by Crippen LogP contribution is 2.35. The van der Waals surface area contributed by atoms with E-state index < -0.39 is 5.91 Å². The van der Waals surface area contributed by atoms with Crippen molar-refractivity contribution in [2.75, 3.05) is 14.2 Å². The predicted octanol–water partition coefficient (Wildman–Crippen LogP) is 3.96. The summed E-state index contributed by atoms with van der Waals surface area (Å²) in [5.41, 5.74) is 9.48. The molecule has 5 nitrogen and oxygen atoms in total. The molecule has 28 heavy (non-hydrogen) atoms. The number of hydrogen-bond acceptors (Lipinski definition) is 3. The van der Waals surface area contributed by atoms with Crippen LogP contribution in [0.1, 0.15) is 21.6 Å². The van der Waals surface area contributed by atoms with Crippen molar-refractivity contribution in [3.63, 3.8) is 0 Å². The molecular formula is C22H23FN2O3. The van der Waals surface area contributed by atoms with Crippen LogP contribution in [0.3, 0.4) is 0 Å². The first-order valence-electron chi connectivity index (χ1n) is 8.91. The molecule has 6 heteroatoms. The van der Waals surface area contributed by atoms with Gasteiger partial charge in [0, 0.05) is 23.9 Å². The van der Waals surface area contributed by atoms with Gasteiger partial charge in [-0.15, -0.1) is 0 Å². The van der Waals surface area contributed by atoms with Gasteiger partial charge in [0.25, 0.3) is 5.91 Å². The highest BCUT2D eigenvalue weighted by Gasteiger charge is 2.19. The van der Waals surface area contributed by atoms with Crippen molar-refractivity contribution < 1.29 is 18.7 Å². The minimum absolute atomic E-state index is 0.263. The number of aryl methyl sites for hydroxylation is 1. The van der Waals surface area contributed by atoms with Crippen LogP contribution < -0.4 is 15.2 Å². The molecule has 0 spiro atoms. The highest BCUT2D eigenvalue weighted by molar-refractivity contribution is 5.96. The Morgan fingerprint density at radius 3 is 2.39 bits per heavy atom. The third kappa shape index (κ3) is 3.86. The number of carbonyl (C=O) groups excluding carboxylic acids is 1. The molecule has 0 aliphatic carbocycles. The number of primary amides is 1. The SMILES string of the molecule is COc1ccc(-c2cc(C(N)=O)c(C)n2CCc2ccc(F)cc2)c(OC)c1. The lowest BCUT2D eigenvalue weighted by molar-refractivity contribution is 0.0999. The number of nitrogens with zero attached hydrogens (tertiary/aromatic N) is 1. The van der Waals surface area contributed by atoms with E-state index >= 15 is 0 Å². The van der Waals surface area contributed by atoms with Gasteiger partial charge in [0.05, 0.1) is 25.5 Å². The molecular weight excluding hydrogens is 359 g/mol. The Morgan fingerprint density at radius 1 is 1.07 bits per heavy atom. The molecule has 0 atom stereocenters. The number of hydrogen-bond donors (Lipinski definition) is 1. The summed E-state index contributed by atoms with van der Waals surface area (Å²) in [4.78, 5) is 11.9. The quantitative estimate of drug-likeness (QED) is 0.673. The first-order valence-corrected chi connectivity index (χ1v) is 8.91. The van der Waals surface area contributed by atoms with Gasteiger partial charge in [0.15, 0.2) is 0 Å². The van der Waals surface area contributed by atoms with Gasteiger partial charge < -0.3 is 19.8 Å². The maximum absolute atomic E-state index is 13.2. The molecule has 0 saturated carbocycles. The molecule has 0 unspecified atom stereocenters. The standard InChI is InChI=1S/C22H23FN2O3/c1-14-19(22(24)26)13-20(18-9-8-17(27-2)12-21(18)28-3)25(14)11-10-15-4-6-16(23)7-5-15/h4-9,12-13H,10-11H2,1-3H3,(H2,24,26). The average Bonchev–Trinajstić information content (AvgIpc) is 3.03. The summed E-state index contributed by atoms with van der Waals surface area (Å²) in [6, 6.07) is 13.7. The number of benzene rings is 2. The van der Waals surface area contributed by atoms with Crippen molar-refractivity contribution in [1.82, 2.24) is 4.57 Å². The van der Waals surface area contributed by atoms with Gasteiger partial charge in [-0.05, 0) is 49.2 Å². The lowest BCUT2D eigenvalue weighted by atomic mass is 10.1. The Bertz CT molecular complexity index is 994. The first-order chi connectivity index (χ1) is 13.4. The molecule has 0 radical (unpaired) electrons. The van der Waals surface area contributed by atoms with E-state index in [0.29, 0.717) is 30.0 Å². The number of aromatic nitrogens is 1. The van der Waals surface area contributed by atoms with Crippen molar-refractivity contribution in [1.29, 1.82) is 0 Å². The van der Waals surface area contributed by atoms with Crippen molar-refractivity contribution >= 4 is 5.91 Å². The van der Waals surface area contributed by atoms with Gasteiger partial charge in [-0.25, -0.2) is 4.39 Å². The van der Waals surface area contributed by atoms with Gasteiger partial charge in [-0.3, -0.25) is 4.79 Å². The number of ether oxygens (including phenoxy) is 2. The lowest BCUT2D eigenvalue weighted by Crippen LogP contribution is -2.13. The average molecular weight is 382 g/mol. The summed E-state index contributed by atoms with van der Waals surface area (Å²) in [6.45, 7) is 2.47. The third-order valence-electron chi connectivity index (χ3n) is 4.85. The fourth-order valence-corrected chi connectivity index (χ4v) is 3.31. The summed E-state index contributed by atoms with van der Waals surface area (Å²) in [5.74, 6) is 0.570. The minimum atomic E-state index is -0.480. The maximum atomic E-state index is 13.2. The maximum Gasteiger partial charge on any atom is 0.250 e. The van der Waals surface area contributed by atoms with Crippen molar-refractivity contribution in [2.45, 2.75) is 19.9 Å². The normalized spacial score (nSPS) is 10.7. The van der Waals surface area contributed by atoms with E-state index in [-0.39, 0.29) is 5.82 Å². The second-order valence-corrected chi connectivity index (χ2v) is 6.49. The Balaban J connectivity index is 2.04. The zero-order chi connectivity index (χ0) is 20.3. The van der Waals surface area contributed by atoms with E-state index in [1.165, 1.54) is 12.1 Å². The number of rotatable bonds is 7. The Hall–Kier alpha value is -3.28. The highest BCUT2D eigenvalue weighted by atomic mass is 19.1. The zero-order valence-electron chi connectivity index (χ0n) is 16.2. The van der Waals surface area contributed by atoms with Crippen LogP contribution in [0.4, 0.5) is 4.39 Å². The molecule has 0 fully saturated rings. The van der Waals surface area contributed by atoms with Gasteiger partial charge in [-0.1, -0.05) is 12.1 Å². The van der Waals surface area contributed by atoms with E-state index in [1.807, 2.05) is 23.6 Å². The molecule has 146 valence electrons. The number of carbonyl (C=O) groups is 1. The van der Waals surface area contributed by atoms with E-state index in [9.17, 15) is 9.18 Å². The fourth-order valence-electron chi connectivity index (χ4n) is 3.31. The van der Waals surface area contributed by atoms with Gasteiger partial charge >= 0.3 is 0 Å². The fraction of sp³-hybridized carbons (Fsp3) is 0.227. The molecule has 0 saturated heterocycles. The Morgan fingerprint density at radius 2 is 1.79 bits per heavy atom. The van der Waals surface area contributed by atoms with Crippen LogP contribution in [0.25, 0.3) is 11.3 Å². The third-order valence-corrected chi connectivity index (χ3v) is 4.85. The number of halogens is 1. The first kappa shape index (κ1) is 19.5. The van der Waals surface area contributed by atoms with E-state index in [2.05, 4.69) is 0 Å². The number of amides is 1. The topological polar surface area (TPSA) is 66.5 Å². The summed E-state index contributed by atoms with van der Waals surface area (Å²) in [7, 11) is 3.18. The van der Waals surface area contributed by atoms with Crippen molar-refractivity contribution in [3.8, 4) is 22.8 Å². The molecule has 0 bridgehead atoms. The largest absolute Gasteiger partial charge is 0.497 e. The monoisotopic (exact) mass is 382 g/mol. The van der Waals surface area contributed by atoms with Gasteiger partial charge in [0.1, 0.15) is 17.3 Å². The zero-order valence-corrected chi connectivity index (χ0v) is 16.2. The smallest absolute Gasteiger partial charge is 0.250 e. The molecule has 0 aliphatic rings. The minimum Gasteiger partial charge on any atom is -0.497 e. The molecule has 3 aromatic rings. The Labute approximate surface area is 163 Å². The van der Waals surface area contributed by atoms with Crippen LogP contribution in [-0.2, 0) is 13.0 Å². The van der Waals surface area contributed by atoms with Crippen LogP contribution in [0, 0.1) is 12.7 Å². The number of methoxy groups -OCH3 is 2. The summed E-state index contributed by atoms with van der Waals surface area (Å²) >= 11 is 0. The van der Waals surface area contributed by atoms with Crippen LogP contribution in [0.5, 0.6) is 11.5 Å². The Kier molecular flexibility index (Phi) is 5.68. The molecule has 1 heterocycles. The van der Waals surface area contributed by atoms with E-state index in [4.69, 9.17) is 15.2 Å². The van der Waals surface area contributed by atoms with Crippen LogP contribution in [0.15, 0.2) is 48.5 Å². The summed E-state index contributed by atoms with van der Waals surface area (Å²) in [6.07, 6.45) is 0.680. The second-order valence-electron chi connectivity index (χ2n) is 6.49. The molecule has 0 aliphatic heterocycles. The molecule has 1 aromatic heterocycles. The van der Waals surface area contributed by atoms with Gasteiger partial charge in [-0.2, -0.15) is 0 Å². The molecule has 1 amide bonds. The molecule has 2 aromatic carbocycles. The molecule has 2 N–H and O–H groups in total. The van der Waals surface area contributed by atoms with E-state index in [0.717, 1.165) is 22.5 Å².